The number of aryl methyl sites for hydroxylation is 1. The second-order valence-corrected chi connectivity index (χ2v) is 3.99. The minimum Gasteiger partial charge on any atom is -0.492 e. The van der Waals surface area contributed by atoms with Gasteiger partial charge in [0.2, 0.25) is 0 Å². The van der Waals surface area contributed by atoms with Crippen molar-refractivity contribution in [3.8, 4) is 5.75 Å². The van der Waals surface area contributed by atoms with Crippen molar-refractivity contribution in [2.75, 3.05) is 33.4 Å². The predicted octanol–water partition coefficient (Wildman–Crippen LogP) is 2.25. The third kappa shape index (κ3) is 6.29. The van der Waals surface area contributed by atoms with Gasteiger partial charge in [-0.2, -0.15) is 0 Å². The molecule has 0 saturated heterocycles. The van der Waals surface area contributed by atoms with Crippen LogP contribution in [-0.4, -0.2) is 33.4 Å². The summed E-state index contributed by atoms with van der Waals surface area (Å²) in [6.07, 6.45) is 2.32. The van der Waals surface area contributed by atoms with Gasteiger partial charge in [0.25, 0.3) is 0 Å². The van der Waals surface area contributed by atoms with Gasteiger partial charge >= 0.3 is 0 Å². The van der Waals surface area contributed by atoms with E-state index in [0.29, 0.717) is 6.61 Å². The van der Waals surface area contributed by atoms with Crippen LogP contribution in [0.15, 0.2) is 24.3 Å². The maximum atomic E-state index is 5.62. The van der Waals surface area contributed by atoms with Crippen LogP contribution >= 0.6 is 0 Å². The minimum atomic E-state index is 0.691. The molecule has 0 aliphatic heterocycles. The van der Waals surface area contributed by atoms with E-state index in [1.807, 2.05) is 12.1 Å². The van der Waals surface area contributed by atoms with Crippen molar-refractivity contribution < 1.29 is 9.47 Å². The van der Waals surface area contributed by atoms with Crippen LogP contribution in [0.1, 0.15) is 18.9 Å². The lowest BCUT2D eigenvalue weighted by atomic mass is 10.1. The quantitative estimate of drug-likeness (QED) is 0.668. The van der Waals surface area contributed by atoms with Crippen LogP contribution in [0.3, 0.4) is 0 Å². The molecule has 0 amide bonds. The van der Waals surface area contributed by atoms with Gasteiger partial charge in [0, 0.05) is 20.2 Å². The van der Waals surface area contributed by atoms with Crippen molar-refractivity contribution in [1.29, 1.82) is 0 Å². The van der Waals surface area contributed by atoms with Gasteiger partial charge in [-0.1, -0.05) is 25.5 Å². The normalized spacial score (nSPS) is 10.5. The first kappa shape index (κ1) is 14.0. The van der Waals surface area contributed by atoms with Crippen LogP contribution in [0.4, 0.5) is 0 Å². The highest BCUT2D eigenvalue weighted by Crippen LogP contribution is 2.12. The van der Waals surface area contributed by atoms with Crippen LogP contribution < -0.4 is 10.1 Å². The van der Waals surface area contributed by atoms with Crippen molar-refractivity contribution in [3.63, 3.8) is 0 Å². The standard InChI is InChI=1S/C14H23NO2/c1-3-4-13-5-7-14(8-6-13)17-12-10-15-9-11-16-2/h5-8,15H,3-4,9-12H2,1-2H3. The Hall–Kier alpha value is -1.06. The SMILES string of the molecule is CCCc1ccc(OCCNCCOC)cc1. The third-order valence-electron chi connectivity index (χ3n) is 2.49. The van der Waals surface area contributed by atoms with E-state index in [4.69, 9.17) is 9.47 Å². The van der Waals surface area contributed by atoms with Crippen LogP contribution in [0, 0.1) is 0 Å². The van der Waals surface area contributed by atoms with Crippen molar-refractivity contribution >= 4 is 0 Å². The molecule has 0 bridgehead atoms. The summed E-state index contributed by atoms with van der Waals surface area (Å²) < 4.78 is 10.6. The summed E-state index contributed by atoms with van der Waals surface area (Å²) in [5.74, 6) is 0.943. The molecule has 0 aliphatic carbocycles. The van der Waals surface area contributed by atoms with Crippen molar-refractivity contribution in [3.05, 3.63) is 29.8 Å². The zero-order chi connectivity index (χ0) is 12.3. The van der Waals surface area contributed by atoms with Gasteiger partial charge in [-0.05, 0) is 24.1 Å². The average Bonchev–Trinajstić information content (AvgIpc) is 2.36. The Kier molecular flexibility index (Phi) is 7.43. The lowest BCUT2D eigenvalue weighted by molar-refractivity contribution is 0.197. The zero-order valence-electron chi connectivity index (χ0n) is 10.9. The number of hydrogen-bond acceptors (Lipinski definition) is 3. The number of hydrogen-bond donors (Lipinski definition) is 1. The van der Waals surface area contributed by atoms with Crippen molar-refractivity contribution in [2.24, 2.45) is 0 Å². The van der Waals surface area contributed by atoms with E-state index < -0.39 is 0 Å². The van der Waals surface area contributed by atoms with Gasteiger partial charge in [-0.15, -0.1) is 0 Å². The summed E-state index contributed by atoms with van der Waals surface area (Å²) >= 11 is 0. The molecule has 0 saturated carbocycles. The second-order valence-electron chi connectivity index (χ2n) is 3.99. The average molecular weight is 237 g/mol. The van der Waals surface area contributed by atoms with E-state index in [-0.39, 0.29) is 0 Å². The molecule has 0 heterocycles. The van der Waals surface area contributed by atoms with E-state index in [2.05, 4.69) is 24.4 Å². The van der Waals surface area contributed by atoms with Crippen LogP contribution in [0.25, 0.3) is 0 Å². The highest BCUT2D eigenvalue weighted by atomic mass is 16.5. The molecular formula is C14H23NO2. The lowest BCUT2D eigenvalue weighted by Gasteiger charge is -2.08. The molecule has 0 aromatic heterocycles. The molecular weight excluding hydrogens is 214 g/mol. The molecule has 0 unspecified atom stereocenters. The molecule has 0 atom stereocenters. The van der Waals surface area contributed by atoms with E-state index in [1.165, 1.54) is 12.0 Å². The summed E-state index contributed by atoms with van der Waals surface area (Å²) in [6, 6.07) is 8.36. The van der Waals surface area contributed by atoms with Gasteiger partial charge in [0.1, 0.15) is 12.4 Å². The van der Waals surface area contributed by atoms with E-state index in [1.54, 1.807) is 7.11 Å². The van der Waals surface area contributed by atoms with Crippen LogP contribution in [0.2, 0.25) is 0 Å². The smallest absolute Gasteiger partial charge is 0.119 e. The molecule has 1 aromatic rings. The highest BCUT2D eigenvalue weighted by Gasteiger charge is 1.95. The molecule has 0 radical (unpaired) electrons. The predicted molar refractivity (Wildman–Crippen MR) is 70.7 cm³/mol. The monoisotopic (exact) mass is 237 g/mol. The Morgan fingerprint density at radius 3 is 2.41 bits per heavy atom. The Bertz CT molecular complexity index is 285. The highest BCUT2D eigenvalue weighted by molar-refractivity contribution is 5.27. The molecule has 1 N–H and O–H groups in total. The Morgan fingerprint density at radius 2 is 1.76 bits per heavy atom. The topological polar surface area (TPSA) is 30.5 Å². The molecule has 0 aliphatic rings. The number of nitrogens with one attached hydrogen (secondary N) is 1. The van der Waals surface area contributed by atoms with Crippen LogP contribution in [-0.2, 0) is 11.2 Å². The number of ether oxygens (including phenoxy) is 2. The van der Waals surface area contributed by atoms with Gasteiger partial charge in [-0.25, -0.2) is 0 Å². The van der Waals surface area contributed by atoms with Crippen molar-refractivity contribution in [1.82, 2.24) is 5.32 Å². The number of benzene rings is 1. The first-order chi connectivity index (χ1) is 8.36. The summed E-state index contributed by atoms with van der Waals surface area (Å²) in [6.45, 7) is 5.34. The molecule has 3 heteroatoms. The molecule has 1 aromatic carbocycles. The lowest BCUT2D eigenvalue weighted by Crippen LogP contribution is -2.24. The summed E-state index contributed by atoms with van der Waals surface area (Å²) in [7, 11) is 1.70. The maximum Gasteiger partial charge on any atom is 0.119 e. The Morgan fingerprint density at radius 1 is 1.06 bits per heavy atom. The Labute approximate surface area is 104 Å². The summed E-state index contributed by atoms with van der Waals surface area (Å²) in [4.78, 5) is 0. The molecule has 3 nitrogen and oxygen atoms in total. The minimum absolute atomic E-state index is 0.691. The van der Waals surface area contributed by atoms with Gasteiger partial charge < -0.3 is 14.8 Å². The summed E-state index contributed by atoms with van der Waals surface area (Å²) in [5.41, 5.74) is 1.37. The largest absolute Gasteiger partial charge is 0.492 e. The van der Waals surface area contributed by atoms with Crippen molar-refractivity contribution in [2.45, 2.75) is 19.8 Å². The summed E-state index contributed by atoms with van der Waals surface area (Å²) in [5, 5.41) is 3.24. The fraction of sp³-hybridized carbons (Fsp3) is 0.571. The maximum absolute atomic E-state index is 5.62. The van der Waals surface area contributed by atoms with Crippen LogP contribution in [0.5, 0.6) is 5.75 Å². The molecule has 17 heavy (non-hydrogen) atoms. The molecule has 0 spiro atoms. The fourth-order valence-electron chi connectivity index (χ4n) is 1.58. The molecule has 1 rings (SSSR count). The first-order valence-electron chi connectivity index (χ1n) is 6.28. The third-order valence-corrected chi connectivity index (χ3v) is 2.49. The van der Waals surface area contributed by atoms with E-state index in [0.717, 1.165) is 31.9 Å². The molecule has 0 fully saturated rings. The van der Waals surface area contributed by atoms with Gasteiger partial charge in [0.05, 0.1) is 6.61 Å². The fourth-order valence-corrected chi connectivity index (χ4v) is 1.58. The van der Waals surface area contributed by atoms with Gasteiger partial charge in [0.15, 0.2) is 0 Å². The molecule has 96 valence electrons. The number of methoxy groups -OCH3 is 1. The second kappa shape index (κ2) is 9.02. The first-order valence-corrected chi connectivity index (χ1v) is 6.28. The van der Waals surface area contributed by atoms with E-state index >= 15 is 0 Å². The Balaban J connectivity index is 2.14. The van der Waals surface area contributed by atoms with E-state index in [9.17, 15) is 0 Å². The number of rotatable bonds is 9. The zero-order valence-corrected chi connectivity index (χ0v) is 10.9. The van der Waals surface area contributed by atoms with Gasteiger partial charge in [-0.3, -0.25) is 0 Å².